The summed E-state index contributed by atoms with van der Waals surface area (Å²) in [5, 5.41) is 6.65. The molecule has 3 aromatic rings. The molecule has 1 aromatic heterocycles. The van der Waals surface area contributed by atoms with E-state index in [1.807, 2.05) is 6.07 Å². The fourth-order valence-electron chi connectivity index (χ4n) is 2.55. The van der Waals surface area contributed by atoms with Crippen molar-refractivity contribution in [3.8, 4) is 0 Å². The van der Waals surface area contributed by atoms with Gasteiger partial charge in [-0.2, -0.15) is 5.10 Å². The standard InChI is InChI=1S/C19H21N5S/c1-14(2)24(16-6-4-3-5-7-16)17-10-8-15(9-11-17)12-21-23-19-22-18(20)13-25-19/h3-14H,20H2,1-2H3,(H,22,23). The smallest absolute Gasteiger partial charge is 0.205 e. The van der Waals surface area contributed by atoms with Gasteiger partial charge in [0.15, 0.2) is 0 Å². The highest BCUT2D eigenvalue weighted by Crippen LogP contribution is 2.27. The predicted octanol–water partition coefficient (Wildman–Crippen LogP) is 4.72. The summed E-state index contributed by atoms with van der Waals surface area (Å²) in [7, 11) is 0. The van der Waals surface area contributed by atoms with Crippen molar-refractivity contribution in [2.45, 2.75) is 19.9 Å². The third-order valence-electron chi connectivity index (χ3n) is 3.62. The number of anilines is 4. The van der Waals surface area contributed by atoms with E-state index < -0.39 is 0 Å². The number of para-hydroxylation sites is 1. The van der Waals surface area contributed by atoms with E-state index in [0.717, 1.165) is 11.3 Å². The van der Waals surface area contributed by atoms with Crippen LogP contribution >= 0.6 is 11.3 Å². The Balaban J connectivity index is 1.72. The lowest BCUT2D eigenvalue weighted by molar-refractivity contribution is 0.789. The molecule has 1 heterocycles. The van der Waals surface area contributed by atoms with Crippen LogP contribution in [-0.4, -0.2) is 17.2 Å². The normalized spacial score (nSPS) is 11.2. The minimum absolute atomic E-state index is 0.360. The summed E-state index contributed by atoms with van der Waals surface area (Å²) in [5.74, 6) is 0.502. The SMILES string of the molecule is CC(C)N(c1ccccc1)c1ccc(C=NNc2nc(N)cs2)cc1. The van der Waals surface area contributed by atoms with Gasteiger partial charge in [0.1, 0.15) is 5.82 Å². The Morgan fingerprint density at radius 1 is 1.08 bits per heavy atom. The van der Waals surface area contributed by atoms with Gasteiger partial charge in [0.2, 0.25) is 5.13 Å². The molecule has 3 N–H and O–H groups in total. The number of nitrogens with two attached hydrogens (primary N) is 1. The number of benzene rings is 2. The zero-order valence-electron chi connectivity index (χ0n) is 14.3. The number of hydrogen-bond donors (Lipinski definition) is 2. The summed E-state index contributed by atoms with van der Waals surface area (Å²) in [4.78, 5) is 6.40. The van der Waals surface area contributed by atoms with Crippen LogP contribution in [0.25, 0.3) is 0 Å². The molecule has 5 nitrogen and oxygen atoms in total. The van der Waals surface area contributed by atoms with E-state index in [1.165, 1.54) is 17.0 Å². The van der Waals surface area contributed by atoms with Crippen molar-refractivity contribution >= 4 is 39.9 Å². The lowest BCUT2D eigenvalue weighted by atomic mass is 10.1. The van der Waals surface area contributed by atoms with Crippen LogP contribution in [0.15, 0.2) is 65.1 Å². The molecule has 0 saturated carbocycles. The predicted molar refractivity (Wildman–Crippen MR) is 108 cm³/mol. The van der Waals surface area contributed by atoms with Gasteiger partial charge in [-0.15, -0.1) is 11.3 Å². The van der Waals surface area contributed by atoms with E-state index in [9.17, 15) is 0 Å². The Morgan fingerprint density at radius 2 is 1.76 bits per heavy atom. The van der Waals surface area contributed by atoms with E-state index in [4.69, 9.17) is 5.73 Å². The lowest BCUT2D eigenvalue weighted by Gasteiger charge is -2.29. The van der Waals surface area contributed by atoms with Crippen LogP contribution < -0.4 is 16.1 Å². The quantitative estimate of drug-likeness (QED) is 0.498. The van der Waals surface area contributed by atoms with Crippen molar-refractivity contribution in [1.82, 2.24) is 4.98 Å². The van der Waals surface area contributed by atoms with Gasteiger partial charge < -0.3 is 10.6 Å². The highest BCUT2D eigenvalue weighted by molar-refractivity contribution is 7.14. The van der Waals surface area contributed by atoms with Gasteiger partial charge in [0.05, 0.1) is 6.21 Å². The largest absolute Gasteiger partial charge is 0.383 e. The van der Waals surface area contributed by atoms with Crippen LogP contribution in [0.1, 0.15) is 19.4 Å². The number of nitrogen functional groups attached to an aromatic ring is 1. The van der Waals surface area contributed by atoms with Crippen molar-refractivity contribution in [3.63, 3.8) is 0 Å². The first-order chi connectivity index (χ1) is 12.1. The van der Waals surface area contributed by atoms with Crippen LogP contribution in [0.3, 0.4) is 0 Å². The Morgan fingerprint density at radius 3 is 2.36 bits per heavy atom. The molecule has 0 aliphatic heterocycles. The van der Waals surface area contributed by atoms with Gasteiger partial charge in [-0.3, -0.25) is 5.43 Å². The van der Waals surface area contributed by atoms with E-state index in [-0.39, 0.29) is 0 Å². The summed E-state index contributed by atoms with van der Waals surface area (Å²) in [6.07, 6.45) is 1.77. The molecule has 0 unspecified atom stereocenters. The third-order valence-corrected chi connectivity index (χ3v) is 4.38. The number of hydrazone groups is 1. The van der Waals surface area contributed by atoms with Crippen molar-refractivity contribution in [2.24, 2.45) is 5.10 Å². The zero-order valence-corrected chi connectivity index (χ0v) is 15.1. The average Bonchev–Trinajstić information content (AvgIpc) is 3.02. The van der Waals surface area contributed by atoms with Crippen LogP contribution in [0, 0.1) is 0 Å². The average molecular weight is 351 g/mol. The Bertz CT molecular complexity index is 825. The molecule has 0 aliphatic rings. The molecule has 0 amide bonds. The second-order valence-electron chi connectivity index (χ2n) is 5.84. The monoisotopic (exact) mass is 351 g/mol. The van der Waals surface area contributed by atoms with Gasteiger partial charge in [-0.05, 0) is 43.7 Å². The van der Waals surface area contributed by atoms with E-state index >= 15 is 0 Å². The first kappa shape index (κ1) is 17.0. The maximum atomic E-state index is 5.58. The highest BCUT2D eigenvalue weighted by atomic mass is 32.1. The maximum absolute atomic E-state index is 5.58. The van der Waals surface area contributed by atoms with Crippen molar-refractivity contribution in [1.29, 1.82) is 0 Å². The lowest BCUT2D eigenvalue weighted by Crippen LogP contribution is -2.25. The fraction of sp³-hybridized carbons (Fsp3) is 0.158. The van der Waals surface area contributed by atoms with E-state index in [2.05, 4.69) is 82.8 Å². The molecule has 0 atom stereocenters. The molecule has 0 spiro atoms. The molecule has 2 aromatic carbocycles. The van der Waals surface area contributed by atoms with E-state index in [1.54, 1.807) is 11.6 Å². The van der Waals surface area contributed by atoms with Crippen LogP contribution in [0.5, 0.6) is 0 Å². The van der Waals surface area contributed by atoms with Crippen LogP contribution in [0.2, 0.25) is 0 Å². The second kappa shape index (κ2) is 7.81. The molecular weight excluding hydrogens is 330 g/mol. The minimum atomic E-state index is 0.360. The number of thiazole rings is 1. The first-order valence-electron chi connectivity index (χ1n) is 8.08. The number of nitrogens with one attached hydrogen (secondary N) is 1. The summed E-state index contributed by atoms with van der Waals surface area (Å²) in [6.45, 7) is 4.37. The molecular formula is C19H21N5S. The van der Waals surface area contributed by atoms with Gasteiger partial charge in [0, 0.05) is 22.8 Å². The van der Waals surface area contributed by atoms with Gasteiger partial charge >= 0.3 is 0 Å². The van der Waals surface area contributed by atoms with Gasteiger partial charge in [-0.25, -0.2) is 4.98 Å². The number of hydrogen-bond acceptors (Lipinski definition) is 6. The number of rotatable bonds is 6. The van der Waals surface area contributed by atoms with Crippen molar-refractivity contribution < 1.29 is 0 Å². The molecule has 6 heteroatoms. The Kier molecular flexibility index (Phi) is 5.30. The van der Waals surface area contributed by atoms with Crippen molar-refractivity contribution in [3.05, 3.63) is 65.5 Å². The minimum Gasteiger partial charge on any atom is -0.383 e. The van der Waals surface area contributed by atoms with Gasteiger partial charge in [-0.1, -0.05) is 30.3 Å². The molecule has 25 heavy (non-hydrogen) atoms. The van der Waals surface area contributed by atoms with Crippen LogP contribution in [-0.2, 0) is 0 Å². The summed E-state index contributed by atoms with van der Waals surface area (Å²) in [5.41, 5.74) is 11.8. The summed E-state index contributed by atoms with van der Waals surface area (Å²) >= 11 is 1.42. The van der Waals surface area contributed by atoms with Gasteiger partial charge in [0.25, 0.3) is 0 Å². The molecule has 0 bridgehead atoms. The molecule has 3 rings (SSSR count). The topological polar surface area (TPSA) is 66.5 Å². The first-order valence-corrected chi connectivity index (χ1v) is 8.96. The molecule has 0 fully saturated rings. The summed E-state index contributed by atoms with van der Waals surface area (Å²) < 4.78 is 0. The maximum Gasteiger partial charge on any atom is 0.205 e. The molecule has 128 valence electrons. The second-order valence-corrected chi connectivity index (χ2v) is 6.70. The number of nitrogens with zero attached hydrogens (tertiary/aromatic N) is 3. The Hall–Kier alpha value is -2.86. The van der Waals surface area contributed by atoms with Crippen LogP contribution in [0.4, 0.5) is 22.3 Å². The van der Waals surface area contributed by atoms with Crippen molar-refractivity contribution in [2.75, 3.05) is 16.1 Å². The third kappa shape index (κ3) is 4.36. The fourth-order valence-corrected chi connectivity index (χ4v) is 3.10. The number of aromatic nitrogens is 1. The zero-order chi connectivity index (χ0) is 17.6. The Labute approximate surface area is 151 Å². The summed E-state index contributed by atoms with van der Waals surface area (Å²) in [6, 6.07) is 19.1. The molecule has 0 saturated heterocycles. The molecule has 0 aliphatic carbocycles. The molecule has 0 radical (unpaired) electrons. The van der Waals surface area contributed by atoms with E-state index in [0.29, 0.717) is 17.0 Å². The highest BCUT2D eigenvalue weighted by Gasteiger charge is 2.12.